The van der Waals surface area contributed by atoms with Crippen LogP contribution in [0.5, 0.6) is 0 Å². The molecule has 6 heterocycles. The molecule has 0 unspecified atom stereocenters. The summed E-state index contributed by atoms with van der Waals surface area (Å²) in [6, 6.07) is 16.2. The van der Waals surface area contributed by atoms with E-state index >= 15 is 0 Å². The number of nitrogens with zero attached hydrogens (tertiary/aromatic N) is 6. The standard InChI is InChI=1S/C51H70N8O7/c1-56-47(61)32-45(49(56)39-8-3-20-52-33-39)51(64)54-22-29-66-44-17-15-43(16-18-44)65-28-5-10-46(60)59-26-24-58(25-27-59)42-9-2-6-38(30-42)40(31-48(62)63)35-57-23-19-36(34-57)11-13-41-14-12-37-7-4-21-53-50(37)55-41/h2-3,6,8-9,12,14,20,30,33,36,40,43-45,49H,4-5,7,10-11,13,15-19,21-29,31-32,34-35H2,1H3,(H,53,55)(H,54,64)(H,62,63)/t36-,40-,43-,44-,45+,49-/m1/s1. The number of ether oxygens (including phenoxy) is 2. The van der Waals surface area contributed by atoms with Crippen LogP contribution in [0.4, 0.5) is 11.5 Å². The molecule has 15 heteroatoms. The summed E-state index contributed by atoms with van der Waals surface area (Å²) in [6.07, 6.45) is 14.2. The lowest BCUT2D eigenvalue weighted by atomic mass is 9.94. The first-order valence-electron chi connectivity index (χ1n) is 24.6. The minimum atomic E-state index is -0.774. The quantitative estimate of drug-likeness (QED) is 0.123. The fourth-order valence-electron chi connectivity index (χ4n) is 10.8. The fraction of sp³-hybridized carbons (Fsp3) is 0.608. The third-order valence-electron chi connectivity index (χ3n) is 14.6. The Balaban J connectivity index is 0.692. The highest BCUT2D eigenvalue weighted by atomic mass is 16.5. The number of nitrogens with one attached hydrogen (secondary N) is 2. The maximum Gasteiger partial charge on any atom is 0.304 e. The Hall–Kier alpha value is -5.12. The number of aryl methyl sites for hydroxylation is 2. The van der Waals surface area contributed by atoms with E-state index < -0.39 is 11.9 Å². The number of aliphatic carboxylic acids is 1. The van der Waals surface area contributed by atoms with Gasteiger partial charge in [0.1, 0.15) is 5.82 Å². The van der Waals surface area contributed by atoms with Gasteiger partial charge >= 0.3 is 5.97 Å². The topological polar surface area (TPSA) is 170 Å². The molecule has 0 radical (unpaired) electrons. The van der Waals surface area contributed by atoms with Crippen molar-refractivity contribution in [2.45, 2.75) is 108 Å². The smallest absolute Gasteiger partial charge is 0.304 e. The molecule has 4 atom stereocenters. The lowest BCUT2D eigenvalue weighted by Crippen LogP contribution is -2.48. The number of carbonyl (C=O) groups is 4. The van der Waals surface area contributed by atoms with Gasteiger partial charge in [0.05, 0.1) is 37.2 Å². The Bertz CT molecular complexity index is 2090. The first-order chi connectivity index (χ1) is 32.2. The number of piperazine rings is 1. The molecule has 1 aromatic carbocycles. The molecule has 3 saturated heterocycles. The van der Waals surface area contributed by atoms with Gasteiger partial charge in [-0.05, 0) is 118 Å². The highest BCUT2D eigenvalue weighted by Gasteiger charge is 2.42. The highest BCUT2D eigenvalue weighted by Crippen LogP contribution is 2.37. The van der Waals surface area contributed by atoms with Gasteiger partial charge in [-0.1, -0.05) is 24.3 Å². The summed E-state index contributed by atoms with van der Waals surface area (Å²) >= 11 is 0. The number of fused-ring (bicyclic) bond motifs is 1. The zero-order chi connectivity index (χ0) is 45.8. The maximum absolute atomic E-state index is 13.2. The summed E-state index contributed by atoms with van der Waals surface area (Å²) in [5.41, 5.74) is 5.48. The monoisotopic (exact) mass is 907 g/mol. The molecule has 0 spiro atoms. The van der Waals surface area contributed by atoms with E-state index in [4.69, 9.17) is 14.5 Å². The van der Waals surface area contributed by atoms with E-state index in [9.17, 15) is 24.3 Å². The zero-order valence-corrected chi connectivity index (χ0v) is 38.8. The van der Waals surface area contributed by atoms with Crippen LogP contribution in [-0.4, -0.2) is 145 Å². The number of pyridine rings is 2. The molecule has 3 aromatic rings. The van der Waals surface area contributed by atoms with Crippen molar-refractivity contribution >= 4 is 35.2 Å². The number of amides is 3. The van der Waals surface area contributed by atoms with E-state index in [2.05, 4.69) is 55.7 Å². The number of rotatable bonds is 20. The van der Waals surface area contributed by atoms with Gasteiger partial charge in [-0.2, -0.15) is 0 Å². The zero-order valence-electron chi connectivity index (χ0n) is 38.8. The Labute approximate surface area is 390 Å². The van der Waals surface area contributed by atoms with Crippen LogP contribution in [0, 0.1) is 11.8 Å². The van der Waals surface area contributed by atoms with Gasteiger partial charge in [0.15, 0.2) is 0 Å². The number of likely N-dealkylation sites (tertiary alicyclic amines) is 2. The van der Waals surface area contributed by atoms with E-state index in [1.807, 2.05) is 23.1 Å². The summed E-state index contributed by atoms with van der Waals surface area (Å²) in [7, 11) is 1.74. The molecular weight excluding hydrogens is 837 g/mol. The number of carboxylic acids is 1. The van der Waals surface area contributed by atoms with Gasteiger partial charge in [0.2, 0.25) is 17.7 Å². The second kappa shape index (κ2) is 23.1. The van der Waals surface area contributed by atoms with Crippen molar-refractivity contribution in [3.63, 3.8) is 0 Å². The van der Waals surface area contributed by atoms with Gasteiger partial charge in [0.25, 0.3) is 0 Å². The number of hydrogen-bond acceptors (Lipinski definition) is 11. The number of carboxylic acid groups (broad SMARTS) is 1. The van der Waals surface area contributed by atoms with Crippen molar-refractivity contribution in [2.24, 2.45) is 11.8 Å². The van der Waals surface area contributed by atoms with Crippen molar-refractivity contribution < 1.29 is 33.8 Å². The molecule has 356 valence electrons. The SMILES string of the molecule is CN1C(=O)C[C@H](C(=O)NCCO[C@H]2CC[C@H](OCCCC(=O)N3CCN(c4cccc([C@H](CC(=O)O)CN5CC[C@@H](CCc6ccc7c(n6)NCCC7)C5)c4)CC3)CC2)[C@H]1c1cccnc1. The van der Waals surface area contributed by atoms with Gasteiger partial charge < -0.3 is 44.8 Å². The van der Waals surface area contributed by atoms with Crippen LogP contribution in [0.15, 0.2) is 60.9 Å². The lowest BCUT2D eigenvalue weighted by Gasteiger charge is -2.36. The second-order valence-electron chi connectivity index (χ2n) is 19.1. The van der Waals surface area contributed by atoms with Crippen molar-refractivity contribution in [2.75, 3.05) is 89.4 Å². The van der Waals surface area contributed by atoms with Crippen LogP contribution in [0.25, 0.3) is 0 Å². The Kier molecular flexibility index (Phi) is 16.6. The molecule has 3 amide bonds. The largest absolute Gasteiger partial charge is 0.481 e. The van der Waals surface area contributed by atoms with Gasteiger partial charge in [-0.3, -0.25) is 24.2 Å². The Morgan fingerprint density at radius 3 is 2.53 bits per heavy atom. The van der Waals surface area contributed by atoms with E-state index in [-0.39, 0.29) is 54.7 Å². The number of anilines is 2. The summed E-state index contributed by atoms with van der Waals surface area (Å²) < 4.78 is 12.3. The molecule has 2 aromatic heterocycles. The first-order valence-corrected chi connectivity index (χ1v) is 24.6. The number of carbonyl (C=O) groups excluding carboxylic acids is 3. The molecule has 4 aliphatic heterocycles. The van der Waals surface area contributed by atoms with Crippen molar-refractivity contribution in [1.29, 1.82) is 0 Å². The highest BCUT2D eigenvalue weighted by molar-refractivity contribution is 5.90. The molecule has 4 fully saturated rings. The third-order valence-corrected chi connectivity index (χ3v) is 14.6. The minimum absolute atomic E-state index is 0.0458. The molecule has 1 aliphatic carbocycles. The van der Waals surface area contributed by atoms with Crippen LogP contribution in [-0.2, 0) is 41.5 Å². The van der Waals surface area contributed by atoms with Crippen LogP contribution < -0.4 is 15.5 Å². The number of hydrogen-bond donors (Lipinski definition) is 3. The average molecular weight is 907 g/mol. The number of aromatic nitrogens is 2. The predicted octanol–water partition coefficient (Wildman–Crippen LogP) is 5.46. The Morgan fingerprint density at radius 1 is 0.955 bits per heavy atom. The van der Waals surface area contributed by atoms with E-state index in [0.717, 1.165) is 125 Å². The average Bonchev–Trinajstić information content (AvgIpc) is 3.93. The molecular formula is C51H70N8O7. The van der Waals surface area contributed by atoms with Gasteiger partial charge in [0, 0.05) is 109 Å². The lowest BCUT2D eigenvalue weighted by molar-refractivity contribution is -0.137. The summed E-state index contributed by atoms with van der Waals surface area (Å²) in [4.78, 5) is 68.3. The van der Waals surface area contributed by atoms with Crippen molar-refractivity contribution in [3.05, 3.63) is 83.3 Å². The minimum Gasteiger partial charge on any atom is -0.481 e. The maximum atomic E-state index is 13.2. The molecule has 0 bridgehead atoms. The van der Waals surface area contributed by atoms with Crippen LogP contribution >= 0.6 is 0 Å². The molecule has 3 N–H and O–H groups in total. The first kappa shape index (κ1) is 47.4. The van der Waals surface area contributed by atoms with E-state index in [1.54, 1.807) is 24.3 Å². The predicted molar refractivity (Wildman–Crippen MR) is 252 cm³/mol. The van der Waals surface area contributed by atoms with Crippen LogP contribution in [0.1, 0.15) is 105 Å². The van der Waals surface area contributed by atoms with E-state index in [0.29, 0.717) is 51.6 Å². The molecule has 66 heavy (non-hydrogen) atoms. The normalized spacial score (nSPS) is 23.9. The van der Waals surface area contributed by atoms with Crippen LogP contribution in [0.3, 0.4) is 0 Å². The van der Waals surface area contributed by atoms with Gasteiger partial charge in [-0.15, -0.1) is 0 Å². The molecule has 1 saturated carbocycles. The van der Waals surface area contributed by atoms with E-state index in [1.165, 1.54) is 5.56 Å². The molecule has 8 rings (SSSR count). The van der Waals surface area contributed by atoms with Crippen LogP contribution in [0.2, 0.25) is 0 Å². The molecule has 5 aliphatic rings. The summed E-state index contributed by atoms with van der Waals surface area (Å²) in [5, 5.41) is 16.3. The van der Waals surface area contributed by atoms with Crippen molar-refractivity contribution in [1.82, 2.24) is 30.0 Å². The molecule has 15 nitrogen and oxygen atoms in total. The summed E-state index contributed by atoms with van der Waals surface area (Å²) in [6.45, 7) is 7.87. The third kappa shape index (κ3) is 12.6. The fourth-order valence-corrected chi connectivity index (χ4v) is 10.8. The van der Waals surface area contributed by atoms with Gasteiger partial charge in [-0.25, -0.2) is 4.98 Å². The summed E-state index contributed by atoms with van der Waals surface area (Å²) in [5.74, 6) is 0.290. The second-order valence-corrected chi connectivity index (χ2v) is 19.1. The Morgan fingerprint density at radius 2 is 1.76 bits per heavy atom. The number of benzene rings is 1. The van der Waals surface area contributed by atoms with Crippen molar-refractivity contribution in [3.8, 4) is 0 Å².